The van der Waals surface area contributed by atoms with Crippen LogP contribution >= 0.6 is 0 Å². The first kappa shape index (κ1) is 15.2. The Morgan fingerprint density at radius 2 is 1.90 bits per heavy atom. The van der Waals surface area contributed by atoms with Gasteiger partial charge < -0.3 is 4.90 Å². The first-order chi connectivity index (χ1) is 10.0. The molecule has 0 aliphatic carbocycles. The van der Waals surface area contributed by atoms with Gasteiger partial charge in [-0.05, 0) is 31.4 Å². The molecule has 2 rings (SSSR count). The van der Waals surface area contributed by atoms with Gasteiger partial charge in [-0.1, -0.05) is 31.5 Å². The monoisotopic (exact) mass is 286 g/mol. The zero-order valence-corrected chi connectivity index (χ0v) is 13.1. The molecule has 0 N–H and O–H groups in total. The lowest BCUT2D eigenvalue weighted by atomic mass is 10.1. The zero-order valence-electron chi connectivity index (χ0n) is 13.1. The van der Waals surface area contributed by atoms with Gasteiger partial charge in [-0.3, -0.25) is 4.57 Å². The van der Waals surface area contributed by atoms with E-state index in [1.165, 1.54) is 4.57 Å². The van der Waals surface area contributed by atoms with Crippen LogP contribution in [0, 0.1) is 13.8 Å². The summed E-state index contributed by atoms with van der Waals surface area (Å²) in [5.74, 6) is 0.482. The first-order valence-corrected chi connectivity index (χ1v) is 7.28. The van der Waals surface area contributed by atoms with E-state index in [9.17, 15) is 4.79 Å². The Morgan fingerprint density at radius 3 is 2.48 bits per heavy atom. The second-order valence-electron chi connectivity index (χ2n) is 5.32. The minimum absolute atomic E-state index is 0.291. The lowest BCUT2D eigenvalue weighted by Gasteiger charge is -2.17. The quantitative estimate of drug-likeness (QED) is 0.847. The predicted molar refractivity (Wildman–Crippen MR) is 85.3 cm³/mol. The summed E-state index contributed by atoms with van der Waals surface area (Å²) >= 11 is 0. The Morgan fingerprint density at radius 1 is 1.24 bits per heavy atom. The first-order valence-electron chi connectivity index (χ1n) is 7.28. The van der Waals surface area contributed by atoms with E-state index in [0.29, 0.717) is 5.95 Å². The molecule has 0 fully saturated rings. The van der Waals surface area contributed by atoms with Gasteiger partial charge in [-0.2, -0.15) is 4.98 Å². The van der Waals surface area contributed by atoms with Crippen molar-refractivity contribution in [3.05, 3.63) is 46.1 Å². The summed E-state index contributed by atoms with van der Waals surface area (Å²) in [5, 5.41) is 0. The largest absolute Gasteiger partial charge is 0.356 e. The smallest absolute Gasteiger partial charge is 0.344 e. The number of aryl methyl sites for hydroxylation is 2. The van der Waals surface area contributed by atoms with Crippen LogP contribution in [0.2, 0.25) is 0 Å². The van der Waals surface area contributed by atoms with Crippen LogP contribution in [0.4, 0.5) is 5.95 Å². The summed E-state index contributed by atoms with van der Waals surface area (Å²) < 4.78 is 1.52. The van der Waals surface area contributed by atoms with E-state index in [2.05, 4.69) is 16.9 Å². The highest BCUT2D eigenvalue weighted by Gasteiger charge is 2.10. The van der Waals surface area contributed by atoms with Gasteiger partial charge >= 0.3 is 5.69 Å². The van der Waals surface area contributed by atoms with E-state index in [1.807, 2.05) is 44.0 Å². The Hall–Kier alpha value is -2.17. The number of aromatic nitrogens is 3. The van der Waals surface area contributed by atoms with Crippen molar-refractivity contribution in [2.45, 2.75) is 33.6 Å². The predicted octanol–water partition coefficient (Wildman–Crippen LogP) is 2.48. The average molecular weight is 286 g/mol. The molecule has 1 aromatic heterocycles. The Bertz CT molecular complexity index is 658. The van der Waals surface area contributed by atoms with Gasteiger partial charge in [0, 0.05) is 13.6 Å². The summed E-state index contributed by atoms with van der Waals surface area (Å²) in [6, 6.07) is 5.94. The second-order valence-corrected chi connectivity index (χ2v) is 5.32. The van der Waals surface area contributed by atoms with Crippen molar-refractivity contribution in [1.82, 2.24) is 14.5 Å². The maximum atomic E-state index is 12.3. The van der Waals surface area contributed by atoms with Gasteiger partial charge in [0.15, 0.2) is 0 Å². The lowest BCUT2D eigenvalue weighted by Crippen LogP contribution is -2.29. The maximum absolute atomic E-state index is 12.3. The lowest BCUT2D eigenvalue weighted by molar-refractivity contribution is 0.733. The molecule has 0 bridgehead atoms. The van der Waals surface area contributed by atoms with Gasteiger partial charge in [0.2, 0.25) is 5.95 Å². The molecule has 0 aliphatic rings. The molecule has 0 amide bonds. The third-order valence-corrected chi connectivity index (χ3v) is 3.56. The number of para-hydroxylation sites is 1. The number of anilines is 1. The van der Waals surface area contributed by atoms with E-state index >= 15 is 0 Å². The fourth-order valence-corrected chi connectivity index (χ4v) is 2.35. The molecule has 1 aromatic carbocycles. The molecular formula is C16H22N4O. The topological polar surface area (TPSA) is 51.0 Å². The molecule has 0 radical (unpaired) electrons. The number of rotatable bonds is 5. The van der Waals surface area contributed by atoms with Gasteiger partial charge in [0.1, 0.15) is 6.33 Å². The summed E-state index contributed by atoms with van der Waals surface area (Å²) in [5.41, 5.74) is 2.64. The fourth-order valence-electron chi connectivity index (χ4n) is 2.35. The Kier molecular flexibility index (Phi) is 4.73. The summed E-state index contributed by atoms with van der Waals surface area (Å²) in [7, 11) is 1.91. The van der Waals surface area contributed by atoms with Crippen LogP contribution in [0.5, 0.6) is 0 Å². The van der Waals surface area contributed by atoms with Crippen molar-refractivity contribution in [2.75, 3.05) is 18.5 Å². The van der Waals surface area contributed by atoms with Gasteiger partial charge in [0.05, 0.1) is 5.69 Å². The zero-order chi connectivity index (χ0) is 15.4. The molecule has 0 unspecified atom stereocenters. The van der Waals surface area contributed by atoms with E-state index in [0.717, 1.165) is 36.2 Å². The van der Waals surface area contributed by atoms with E-state index in [4.69, 9.17) is 0 Å². The number of hydrogen-bond donors (Lipinski definition) is 0. The van der Waals surface area contributed by atoms with Crippen LogP contribution in [0.15, 0.2) is 29.3 Å². The number of benzene rings is 1. The van der Waals surface area contributed by atoms with Gasteiger partial charge in [-0.25, -0.2) is 9.78 Å². The Labute approximate surface area is 125 Å². The number of nitrogens with zero attached hydrogens (tertiary/aromatic N) is 4. The Balaban J connectivity index is 2.38. The minimum atomic E-state index is -0.291. The van der Waals surface area contributed by atoms with Crippen LogP contribution in [-0.2, 0) is 0 Å². The summed E-state index contributed by atoms with van der Waals surface area (Å²) in [6.07, 6.45) is 3.73. The molecule has 112 valence electrons. The maximum Gasteiger partial charge on any atom is 0.356 e. The SMILES string of the molecule is CCCCN(C)c1ncn(-c2c(C)cccc2C)c(=O)n1. The van der Waals surface area contributed by atoms with Crippen LogP contribution in [0.3, 0.4) is 0 Å². The van der Waals surface area contributed by atoms with Crippen molar-refractivity contribution < 1.29 is 0 Å². The molecule has 0 aliphatic heterocycles. The van der Waals surface area contributed by atoms with Gasteiger partial charge in [0.25, 0.3) is 0 Å². The van der Waals surface area contributed by atoms with Crippen molar-refractivity contribution in [2.24, 2.45) is 0 Å². The standard InChI is InChI=1S/C16H22N4O/c1-5-6-10-19(4)15-17-11-20(16(21)18-15)14-12(2)8-7-9-13(14)3/h7-9,11H,5-6,10H2,1-4H3. The summed E-state index contributed by atoms with van der Waals surface area (Å²) in [4.78, 5) is 22.7. The third-order valence-electron chi connectivity index (χ3n) is 3.56. The van der Waals surface area contributed by atoms with Crippen molar-refractivity contribution >= 4 is 5.95 Å². The third kappa shape index (κ3) is 3.29. The highest BCUT2D eigenvalue weighted by atomic mass is 16.1. The highest BCUT2D eigenvalue weighted by Crippen LogP contribution is 2.16. The molecule has 5 heteroatoms. The van der Waals surface area contributed by atoms with E-state index in [1.54, 1.807) is 6.33 Å². The van der Waals surface area contributed by atoms with E-state index in [-0.39, 0.29) is 5.69 Å². The van der Waals surface area contributed by atoms with Crippen molar-refractivity contribution in [3.8, 4) is 5.69 Å². The molecule has 0 atom stereocenters. The van der Waals surface area contributed by atoms with E-state index < -0.39 is 0 Å². The highest BCUT2D eigenvalue weighted by molar-refractivity contribution is 5.46. The molecule has 0 saturated carbocycles. The molecular weight excluding hydrogens is 264 g/mol. The molecule has 0 saturated heterocycles. The average Bonchev–Trinajstić information content (AvgIpc) is 2.46. The fraction of sp³-hybridized carbons (Fsp3) is 0.438. The minimum Gasteiger partial charge on any atom is -0.344 e. The summed E-state index contributed by atoms with van der Waals surface area (Å²) in [6.45, 7) is 6.95. The number of hydrogen-bond acceptors (Lipinski definition) is 4. The molecule has 5 nitrogen and oxygen atoms in total. The van der Waals surface area contributed by atoms with Crippen molar-refractivity contribution in [3.63, 3.8) is 0 Å². The number of unbranched alkanes of at least 4 members (excludes halogenated alkanes) is 1. The van der Waals surface area contributed by atoms with Crippen molar-refractivity contribution in [1.29, 1.82) is 0 Å². The molecule has 0 spiro atoms. The van der Waals surface area contributed by atoms with Crippen LogP contribution in [0.1, 0.15) is 30.9 Å². The molecule has 21 heavy (non-hydrogen) atoms. The van der Waals surface area contributed by atoms with Gasteiger partial charge in [-0.15, -0.1) is 0 Å². The van der Waals surface area contributed by atoms with Crippen LogP contribution in [-0.4, -0.2) is 28.1 Å². The van der Waals surface area contributed by atoms with Crippen LogP contribution < -0.4 is 10.6 Å². The molecule has 2 aromatic rings. The molecule has 1 heterocycles. The van der Waals surface area contributed by atoms with Crippen LogP contribution in [0.25, 0.3) is 5.69 Å². The normalized spacial score (nSPS) is 10.7. The second kappa shape index (κ2) is 6.52.